The highest BCUT2D eigenvalue weighted by atomic mass is 16.5. The van der Waals surface area contributed by atoms with E-state index >= 15 is 0 Å². The zero-order valence-corrected chi connectivity index (χ0v) is 20.7. The Morgan fingerprint density at radius 1 is 0.917 bits per heavy atom. The first-order chi connectivity index (χ1) is 17.6. The number of piperidine rings is 1. The minimum Gasteiger partial charge on any atom is -0.493 e. The summed E-state index contributed by atoms with van der Waals surface area (Å²) in [5.74, 6) is 2.37. The van der Waals surface area contributed by atoms with Gasteiger partial charge >= 0.3 is 0 Å². The molecule has 0 amide bonds. The lowest BCUT2D eigenvalue weighted by Crippen LogP contribution is -2.35. The van der Waals surface area contributed by atoms with Crippen LogP contribution in [0.1, 0.15) is 18.4 Å². The van der Waals surface area contributed by atoms with Gasteiger partial charge in [-0.15, -0.1) is 0 Å². The van der Waals surface area contributed by atoms with Crippen LogP contribution in [0.3, 0.4) is 0 Å². The number of nitrogens with zero attached hydrogens (tertiary/aromatic N) is 1. The molecule has 1 aliphatic rings. The molecule has 0 N–H and O–H groups in total. The van der Waals surface area contributed by atoms with Gasteiger partial charge < -0.3 is 18.6 Å². The number of ether oxygens (including phenoxy) is 3. The minimum absolute atomic E-state index is 0.117. The van der Waals surface area contributed by atoms with Crippen LogP contribution < -0.4 is 19.6 Å². The van der Waals surface area contributed by atoms with E-state index in [4.69, 9.17) is 18.6 Å². The summed E-state index contributed by atoms with van der Waals surface area (Å²) in [4.78, 5) is 15.7. The van der Waals surface area contributed by atoms with Crippen LogP contribution in [0.15, 0.2) is 82.2 Å². The molecule has 0 saturated carbocycles. The van der Waals surface area contributed by atoms with E-state index in [1.165, 1.54) is 11.8 Å². The molecule has 0 bridgehead atoms. The lowest BCUT2D eigenvalue weighted by molar-refractivity contribution is 0.137. The van der Waals surface area contributed by atoms with Crippen LogP contribution in [0.25, 0.3) is 22.1 Å². The second-order valence-corrected chi connectivity index (χ2v) is 9.22. The third kappa shape index (κ3) is 5.24. The van der Waals surface area contributed by atoms with Gasteiger partial charge in [0.15, 0.2) is 11.5 Å². The third-order valence-electron chi connectivity index (χ3n) is 6.89. The highest BCUT2D eigenvalue weighted by molar-refractivity contribution is 5.84. The molecule has 2 heterocycles. The molecule has 0 aliphatic carbocycles. The Morgan fingerprint density at radius 3 is 2.31 bits per heavy atom. The fourth-order valence-corrected chi connectivity index (χ4v) is 4.75. The first-order valence-corrected chi connectivity index (χ1v) is 12.3. The number of likely N-dealkylation sites (tertiary alicyclic amines) is 1. The second kappa shape index (κ2) is 10.9. The van der Waals surface area contributed by atoms with Gasteiger partial charge in [-0.05, 0) is 61.2 Å². The fraction of sp³-hybridized carbons (Fsp3) is 0.300. The lowest BCUT2D eigenvalue weighted by Gasteiger charge is -2.31. The Labute approximate surface area is 211 Å². The smallest absolute Gasteiger partial charge is 0.200 e. The molecular formula is C30H31NO5. The highest BCUT2D eigenvalue weighted by Gasteiger charge is 2.20. The van der Waals surface area contributed by atoms with Crippen molar-refractivity contribution in [2.75, 3.05) is 33.9 Å². The van der Waals surface area contributed by atoms with Gasteiger partial charge in [0.1, 0.15) is 17.6 Å². The van der Waals surface area contributed by atoms with Crippen molar-refractivity contribution in [3.05, 3.63) is 88.8 Å². The van der Waals surface area contributed by atoms with E-state index in [0.717, 1.165) is 43.8 Å². The van der Waals surface area contributed by atoms with Crippen LogP contribution in [0.4, 0.5) is 0 Å². The fourth-order valence-electron chi connectivity index (χ4n) is 4.75. The van der Waals surface area contributed by atoms with E-state index in [9.17, 15) is 4.79 Å². The number of rotatable bonds is 8. The molecule has 0 atom stereocenters. The molecule has 6 heteroatoms. The van der Waals surface area contributed by atoms with Gasteiger partial charge in [0, 0.05) is 12.6 Å². The number of benzene rings is 3. The normalized spacial score (nSPS) is 14.6. The summed E-state index contributed by atoms with van der Waals surface area (Å²) in [7, 11) is 3.09. The van der Waals surface area contributed by atoms with Crippen LogP contribution in [0.5, 0.6) is 17.2 Å². The molecule has 1 fully saturated rings. The summed E-state index contributed by atoms with van der Waals surface area (Å²) < 4.78 is 22.5. The third-order valence-corrected chi connectivity index (χ3v) is 6.89. The summed E-state index contributed by atoms with van der Waals surface area (Å²) >= 11 is 0. The molecule has 3 aromatic carbocycles. The van der Waals surface area contributed by atoms with Crippen molar-refractivity contribution in [1.82, 2.24) is 4.90 Å². The molecule has 0 spiro atoms. The maximum Gasteiger partial charge on any atom is 0.200 e. The maximum absolute atomic E-state index is 13.2. The molecule has 186 valence electrons. The first-order valence-electron chi connectivity index (χ1n) is 12.3. The van der Waals surface area contributed by atoms with E-state index in [1.807, 2.05) is 24.3 Å². The van der Waals surface area contributed by atoms with E-state index < -0.39 is 0 Å². The van der Waals surface area contributed by atoms with Gasteiger partial charge in [-0.1, -0.05) is 42.5 Å². The monoisotopic (exact) mass is 485 g/mol. The standard InChI is InChI=1S/C30H31NO5/c1-33-28-16-25-27(17-29(28)34-2)36-20-26(30(25)32)23-8-10-24(11-9-23)35-19-22-12-14-31(15-13-22)18-21-6-4-3-5-7-21/h3-11,16-17,20,22H,12-15,18-19H2,1-2H3. The van der Waals surface area contributed by atoms with Crippen LogP contribution in [0.2, 0.25) is 0 Å². The Kier molecular flexibility index (Phi) is 7.23. The SMILES string of the molecule is COc1cc2occ(-c3ccc(OCC4CCN(Cc5ccccc5)CC4)cc3)c(=O)c2cc1OC. The van der Waals surface area contributed by atoms with Crippen molar-refractivity contribution in [2.24, 2.45) is 5.92 Å². The van der Waals surface area contributed by atoms with Crippen molar-refractivity contribution in [2.45, 2.75) is 19.4 Å². The van der Waals surface area contributed by atoms with Gasteiger partial charge in [0.05, 0.1) is 31.8 Å². The van der Waals surface area contributed by atoms with Gasteiger partial charge in [0.2, 0.25) is 5.43 Å². The number of hydrogen-bond acceptors (Lipinski definition) is 6. The largest absolute Gasteiger partial charge is 0.493 e. The van der Waals surface area contributed by atoms with Crippen LogP contribution in [0, 0.1) is 5.92 Å². The molecule has 1 aromatic heterocycles. The first kappa shape index (κ1) is 23.9. The van der Waals surface area contributed by atoms with Gasteiger partial charge in [-0.25, -0.2) is 0 Å². The van der Waals surface area contributed by atoms with Gasteiger partial charge in [-0.2, -0.15) is 0 Å². The van der Waals surface area contributed by atoms with E-state index in [1.54, 1.807) is 26.4 Å². The summed E-state index contributed by atoms with van der Waals surface area (Å²) in [6.07, 6.45) is 3.77. The average molecular weight is 486 g/mol. The summed E-state index contributed by atoms with van der Waals surface area (Å²) in [5.41, 5.74) is 2.98. The van der Waals surface area contributed by atoms with Crippen molar-refractivity contribution < 1.29 is 18.6 Å². The van der Waals surface area contributed by atoms with E-state index in [2.05, 4.69) is 35.2 Å². The molecule has 0 radical (unpaired) electrons. The van der Waals surface area contributed by atoms with Gasteiger partial charge in [-0.3, -0.25) is 9.69 Å². The number of fused-ring (bicyclic) bond motifs is 1. The zero-order chi connectivity index (χ0) is 24.9. The zero-order valence-electron chi connectivity index (χ0n) is 20.7. The maximum atomic E-state index is 13.2. The quantitative estimate of drug-likeness (QED) is 0.316. The predicted octanol–water partition coefficient (Wildman–Crippen LogP) is 5.77. The Morgan fingerprint density at radius 2 is 1.61 bits per heavy atom. The van der Waals surface area contributed by atoms with Crippen LogP contribution in [-0.2, 0) is 6.54 Å². The number of methoxy groups -OCH3 is 2. The highest BCUT2D eigenvalue weighted by Crippen LogP contribution is 2.32. The Bertz CT molecular complexity index is 1360. The average Bonchev–Trinajstić information content (AvgIpc) is 2.93. The molecule has 5 rings (SSSR count). The van der Waals surface area contributed by atoms with Crippen molar-refractivity contribution in [1.29, 1.82) is 0 Å². The van der Waals surface area contributed by atoms with E-state index in [0.29, 0.717) is 40.6 Å². The van der Waals surface area contributed by atoms with Crippen molar-refractivity contribution in [3.8, 4) is 28.4 Å². The lowest BCUT2D eigenvalue weighted by atomic mass is 9.97. The van der Waals surface area contributed by atoms with Crippen molar-refractivity contribution in [3.63, 3.8) is 0 Å². The summed E-state index contributed by atoms with van der Waals surface area (Å²) in [5, 5.41) is 0.448. The molecule has 36 heavy (non-hydrogen) atoms. The predicted molar refractivity (Wildman–Crippen MR) is 141 cm³/mol. The van der Waals surface area contributed by atoms with Crippen LogP contribution in [-0.4, -0.2) is 38.8 Å². The number of hydrogen-bond donors (Lipinski definition) is 0. The van der Waals surface area contributed by atoms with Crippen LogP contribution >= 0.6 is 0 Å². The molecule has 6 nitrogen and oxygen atoms in total. The topological polar surface area (TPSA) is 61.1 Å². The minimum atomic E-state index is -0.117. The molecular weight excluding hydrogens is 454 g/mol. The molecule has 1 saturated heterocycles. The molecule has 0 unspecified atom stereocenters. The molecule has 1 aliphatic heterocycles. The Hall–Kier alpha value is -3.77. The summed E-state index contributed by atoms with van der Waals surface area (Å²) in [6.45, 7) is 3.91. The summed E-state index contributed by atoms with van der Waals surface area (Å²) in [6, 6.07) is 21.6. The van der Waals surface area contributed by atoms with Gasteiger partial charge in [0.25, 0.3) is 0 Å². The van der Waals surface area contributed by atoms with Crippen molar-refractivity contribution >= 4 is 11.0 Å². The second-order valence-electron chi connectivity index (χ2n) is 9.22. The Balaban J connectivity index is 1.20. The van der Waals surface area contributed by atoms with E-state index in [-0.39, 0.29) is 5.43 Å². The molecule has 4 aromatic rings.